The van der Waals surface area contributed by atoms with Crippen LogP contribution >= 0.6 is 12.2 Å². The van der Waals surface area contributed by atoms with Crippen molar-refractivity contribution in [3.8, 4) is 0 Å². The number of rotatable bonds is 3. The summed E-state index contributed by atoms with van der Waals surface area (Å²) in [6.45, 7) is 0. The quantitative estimate of drug-likeness (QED) is 0.807. The first kappa shape index (κ1) is 11.1. The Morgan fingerprint density at radius 3 is 2.62 bits per heavy atom. The van der Waals surface area contributed by atoms with Crippen LogP contribution in [-0.2, 0) is 0 Å². The molecule has 0 spiro atoms. The van der Waals surface area contributed by atoms with Crippen LogP contribution in [0, 0.1) is 0 Å². The van der Waals surface area contributed by atoms with Crippen LogP contribution in [-0.4, -0.2) is 28.9 Å². The zero-order valence-corrected chi connectivity index (χ0v) is 9.96. The molecule has 1 saturated carbocycles. The maximum Gasteiger partial charge on any atom is 0.253 e. The topological polar surface area (TPSA) is 46.3 Å². The number of thiocarbonyl (C=S) groups is 1. The second kappa shape index (κ2) is 4.22. The third-order valence-corrected chi connectivity index (χ3v) is 3.04. The molecule has 0 saturated heterocycles. The Hall–Kier alpha value is -1.42. The highest BCUT2D eigenvalue weighted by molar-refractivity contribution is 7.80. The second-order valence-electron chi connectivity index (χ2n) is 4.09. The Morgan fingerprint density at radius 2 is 2.06 bits per heavy atom. The van der Waals surface area contributed by atoms with Gasteiger partial charge in [-0.05, 0) is 25.0 Å². The molecule has 0 aromatic heterocycles. The molecule has 2 N–H and O–H groups in total. The monoisotopic (exact) mass is 234 g/mol. The first-order chi connectivity index (χ1) is 7.59. The molecule has 1 aliphatic rings. The molecule has 3 nitrogen and oxygen atoms in total. The number of nitrogens with zero attached hydrogens (tertiary/aromatic N) is 1. The van der Waals surface area contributed by atoms with E-state index in [1.54, 1.807) is 17.0 Å². The maximum absolute atomic E-state index is 12.0. The number of carbonyl (C=O) groups is 1. The molecule has 0 atom stereocenters. The third-order valence-electron chi connectivity index (χ3n) is 2.81. The molecule has 16 heavy (non-hydrogen) atoms. The Bertz CT molecular complexity index is 440. The van der Waals surface area contributed by atoms with Gasteiger partial charge in [-0.1, -0.05) is 24.4 Å². The molecule has 0 heterocycles. The highest BCUT2D eigenvalue weighted by atomic mass is 32.1. The van der Waals surface area contributed by atoms with Gasteiger partial charge in [-0.3, -0.25) is 4.79 Å². The SMILES string of the molecule is CN(C(=O)c1cccc(C(N)=S)c1)C1CC1. The van der Waals surface area contributed by atoms with Crippen LogP contribution in [0.5, 0.6) is 0 Å². The fourth-order valence-corrected chi connectivity index (χ4v) is 1.76. The summed E-state index contributed by atoms with van der Waals surface area (Å²) >= 11 is 4.89. The van der Waals surface area contributed by atoms with E-state index in [1.165, 1.54) is 0 Å². The molecule has 2 rings (SSSR count). The van der Waals surface area contributed by atoms with Crippen LogP contribution in [0.1, 0.15) is 28.8 Å². The van der Waals surface area contributed by atoms with E-state index in [1.807, 2.05) is 19.2 Å². The van der Waals surface area contributed by atoms with E-state index in [4.69, 9.17) is 18.0 Å². The minimum atomic E-state index is 0.0422. The van der Waals surface area contributed by atoms with Gasteiger partial charge < -0.3 is 10.6 Å². The zero-order valence-electron chi connectivity index (χ0n) is 9.14. The molecule has 1 aromatic carbocycles. The van der Waals surface area contributed by atoms with Crippen molar-refractivity contribution >= 4 is 23.1 Å². The predicted octanol–water partition coefficient (Wildman–Crippen LogP) is 1.56. The fourth-order valence-electron chi connectivity index (χ4n) is 1.64. The van der Waals surface area contributed by atoms with Gasteiger partial charge in [0.1, 0.15) is 4.99 Å². The van der Waals surface area contributed by atoms with Gasteiger partial charge in [0.15, 0.2) is 0 Å². The Morgan fingerprint density at radius 1 is 1.44 bits per heavy atom. The van der Waals surface area contributed by atoms with E-state index in [0.717, 1.165) is 18.4 Å². The highest BCUT2D eigenvalue weighted by Crippen LogP contribution is 2.26. The van der Waals surface area contributed by atoms with Crippen molar-refractivity contribution in [2.45, 2.75) is 18.9 Å². The third kappa shape index (κ3) is 2.22. The Kier molecular flexibility index (Phi) is 2.92. The number of amides is 1. The van der Waals surface area contributed by atoms with Gasteiger partial charge in [0.2, 0.25) is 0 Å². The summed E-state index contributed by atoms with van der Waals surface area (Å²) in [5.41, 5.74) is 6.93. The predicted molar refractivity (Wildman–Crippen MR) is 67.4 cm³/mol. The van der Waals surface area contributed by atoms with Crippen LogP contribution < -0.4 is 5.73 Å². The largest absolute Gasteiger partial charge is 0.389 e. The molecule has 0 bridgehead atoms. The Labute approximate surface area is 100 Å². The lowest BCUT2D eigenvalue weighted by atomic mass is 10.1. The van der Waals surface area contributed by atoms with E-state index in [9.17, 15) is 4.79 Å². The van der Waals surface area contributed by atoms with Gasteiger partial charge in [0, 0.05) is 24.2 Å². The highest BCUT2D eigenvalue weighted by Gasteiger charge is 2.30. The fraction of sp³-hybridized carbons (Fsp3) is 0.333. The summed E-state index contributed by atoms with van der Waals surface area (Å²) in [7, 11) is 1.84. The smallest absolute Gasteiger partial charge is 0.253 e. The molecular formula is C12H14N2OS. The van der Waals surface area contributed by atoms with Gasteiger partial charge in [-0.25, -0.2) is 0 Å². The van der Waals surface area contributed by atoms with Gasteiger partial charge in [0.25, 0.3) is 5.91 Å². The van der Waals surface area contributed by atoms with Crippen molar-refractivity contribution in [2.75, 3.05) is 7.05 Å². The molecule has 0 aliphatic heterocycles. The van der Waals surface area contributed by atoms with Gasteiger partial charge in [-0.2, -0.15) is 0 Å². The number of hydrogen-bond donors (Lipinski definition) is 1. The van der Waals surface area contributed by atoms with E-state index in [2.05, 4.69) is 0 Å². The number of benzene rings is 1. The summed E-state index contributed by atoms with van der Waals surface area (Å²) in [6.07, 6.45) is 2.22. The second-order valence-corrected chi connectivity index (χ2v) is 4.53. The average Bonchev–Trinajstić information content (AvgIpc) is 3.11. The first-order valence-corrected chi connectivity index (χ1v) is 5.67. The van der Waals surface area contributed by atoms with Crippen molar-refractivity contribution in [3.05, 3.63) is 35.4 Å². The molecule has 1 aliphatic carbocycles. The molecule has 84 valence electrons. The normalized spacial score (nSPS) is 14.6. The summed E-state index contributed by atoms with van der Waals surface area (Å²) in [5.74, 6) is 0.0422. The molecule has 1 aromatic rings. The number of hydrogen-bond acceptors (Lipinski definition) is 2. The Balaban J connectivity index is 2.22. The van der Waals surface area contributed by atoms with Crippen LogP contribution in [0.2, 0.25) is 0 Å². The zero-order chi connectivity index (χ0) is 11.7. The van der Waals surface area contributed by atoms with E-state index >= 15 is 0 Å². The average molecular weight is 234 g/mol. The van der Waals surface area contributed by atoms with Crippen LogP contribution in [0.4, 0.5) is 0 Å². The standard InChI is InChI=1S/C12H14N2OS/c1-14(10-5-6-10)12(15)9-4-2-3-8(7-9)11(13)16/h2-4,7,10H,5-6H2,1H3,(H2,13,16). The molecule has 0 radical (unpaired) electrons. The molecule has 1 fully saturated rings. The van der Waals surface area contributed by atoms with Gasteiger partial charge >= 0.3 is 0 Å². The van der Waals surface area contributed by atoms with Gasteiger partial charge in [-0.15, -0.1) is 0 Å². The molecule has 4 heteroatoms. The molecule has 0 unspecified atom stereocenters. The lowest BCUT2D eigenvalue weighted by molar-refractivity contribution is 0.0785. The van der Waals surface area contributed by atoms with E-state index in [0.29, 0.717) is 16.6 Å². The van der Waals surface area contributed by atoms with Crippen LogP contribution in [0.3, 0.4) is 0 Å². The minimum absolute atomic E-state index is 0.0422. The van der Waals surface area contributed by atoms with Crippen molar-refractivity contribution in [1.29, 1.82) is 0 Å². The van der Waals surface area contributed by atoms with Crippen LogP contribution in [0.15, 0.2) is 24.3 Å². The first-order valence-electron chi connectivity index (χ1n) is 5.26. The van der Waals surface area contributed by atoms with Crippen molar-refractivity contribution < 1.29 is 4.79 Å². The molecular weight excluding hydrogens is 220 g/mol. The number of carbonyl (C=O) groups excluding carboxylic acids is 1. The number of nitrogens with two attached hydrogens (primary N) is 1. The maximum atomic E-state index is 12.0. The van der Waals surface area contributed by atoms with Gasteiger partial charge in [0.05, 0.1) is 0 Å². The lowest BCUT2D eigenvalue weighted by Gasteiger charge is -2.16. The van der Waals surface area contributed by atoms with Crippen molar-refractivity contribution in [3.63, 3.8) is 0 Å². The summed E-state index contributed by atoms with van der Waals surface area (Å²) in [6, 6.07) is 7.59. The van der Waals surface area contributed by atoms with Crippen molar-refractivity contribution in [1.82, 2.24) is 4.90 Å². The van der Waals surface area contributed by atoms with Crippen molar-refractivity contribution in [2.24, 2.45) is 5.73 Å². The summed E-state index contributed by atoms with van der Waals surface area (Å²) in [4.78, 5) is 14.2. The van der Waals surface area contributed by atoms with Crippen LogP contribution in [0.25, 0.3) is 0 Å². The van der Waals surface area contributed by atoms with E-state index < -0.39 is 0 Å². The summed E-state index contributed by atoms with van der Waals surface area (Å²) < 4.78 is 0. The lowest BCUT2D eigenvalue weighted by Crippen LogP contribution is -2.28. The minimum Gasteiger partial charge on any atom is -0.389 e. The molecule has 1 amide bonds. The summed E-state index contributed by atoms with van der Waals surface area (Å²) in [5, 5.41) is 0. The van der Waals surface area contributed by atoms with E-state index in [-0.39, 0.29) is 5.91 Å².